The Kier molecular flexibility index (Phi) is 7.88. The van der Waals surface area contributed by atoms with Gasteiger partial charge in [0.1, 0.15) is 30.8 Å². The minimum Gasteiger partial charge on any atom is -0.460 e. The standard InChI is InChI=1S/C30H36N6O4/c1-22-27(39-28(37)20-34-16-12-31-23(34)2)11-15-36(18-25-8-6-5-7-9-25)30(22,26-10-14-33(4)19-26)40-29(38)21-35-17-13-32-24(35)3/h5-10,12-14,16-17,19,22,27H,11,15,18,20-21H2,1-4H3. The van der Waals surface area contributed by atoms with Crippen molar-refractivity contribution in [2.75, 3.05) is 6.54 Å². The summed E-state index contributed by atoms with van der Waals surface area (Å²) in [5, 5.41) is 0. The summed E-state index contributed by atoms with van der Waals surface area (Å²) < 4.78 is 18.1. The van der Waals surface area contributed by atoms with E-state index in [-0.39, 0.29) is 25.0 Å². The summed E-state index contributed by atoms with van der Waals surface area (Å²) in [4.78, 5) is 37.3. The van der Waals surface area contributed by atoms with Crippen molar-refractivity contribution in [1.29, 1.82) is 0 Å². The molecule has 0 bridgehead atoms. The lowest BCUT2D eigenvalue weighted by Crippen LogP contribution is -2.61. The quantitative estimate of drug-likeness (QED) is 0.297. The SMILES string of the molecule is Cc1nccn1CC(=O)OC1CCN(Cc2ccccc2)C(OC(=O)Cn2ccnc2C)(c2ccn(C)c2)C1C. The van der Waals surface area contributed by atoms with Crippen LogP contribution in [-0.4, -0.2) is 53.2 Å². The lowest BCUT2D eigenvalue weighted by atomic mass is 9.80. The second-order valence-electron chi connectivity index (χ2n) is 10.5. The molecular formula is C30H36N6O4. The fourth-order valence-corrected chi connectivity index (χ4v) is 5.61. The van der Waals surface area contributed by atoms with Crippen molar-refractivity contribution in [2.45, 2.75) is 58.7 Å². The van der Waals surface area contributed by atoms with Gasteiger partial charge in [-0.15, -0.1) is 0 Å². The van der Waals surface area contributed by atoms with Gasteiger partial charge in [0.25, 0.3) is 0 Å². The number of likely N-dealkylation sites (tertiary alicyclic amines) is 1. The second-order valence-corrected chi connectivity index (χ2v) is 10.5. The zero-order chi connectivity index (χ0) is 28.3. The third-order valence-electron chi connectivity index (χ3n) is 7.79. The van der Waals surface area contributed by atoms with Crippen LogP contribution in [-0.2, 0) is 51.5 Å². The minimum atomic E-state index is -1.17. The predicted octanol–water partition coefficient (Wildman–Crippen LogP) is 3.59. The minimum absolute atomic E-state index is 0.0245. The van der Waals surface area contributed by atoms with Crippen LogP contribution in [0.1, 0.15) is 36.1 Å². The van der Waals surface area contributed by atoms with E-state index in [2.05, 4.69) is 27.0 Å². The van der Waals surface area contributed by atoms with Crippen LogP contribution in [0.3, 0.4) is 0 Å². The van der Waals surface area contributed by atoms with E-state index in [9.17, 15) is 9.59 Å². The van der Waals surface area contributed by atoms with Gasteiger partial charge in [-0.3, -0.25) is 14.5 Å². The molecule has 1 aliphatic rings. The van der Waals surface area contributed by atoms with Crippen molar-refractivity contribution in [3.8, 4) is 0 Å². The number of hydrogen-bond donors (Lipinski definition) is 0. The molecule has 210 valence electrons. The van der Waals surface area contributed by atoms with Gasteiger partial charge in [0.15, 0.2) is 0 Å². The zero-order valence-electron chi connectivity index (χ0n) is 23.4. The first-order chi connectivity index (χ1) is 19.3. The Bertz CT molecular complexity index is 1460. The molecule has 5 rings (SSSR count). The molecule has 10 heteroatoms. The van der Waals surface area contributed by atoms with Crippen molar-refractivity contribution >= 4 is 11.9 Å². The fourth-order valence-electron chi connectivity index (χ4n) is 5.61. The fraction of sp³-hybridized carbons (Fsp3) is 0.400. The van der Waals surface area contributed by atoms with Crippen LogP contribution in [0.15, 0.2) is 73.6 Å². The molecule has 3 unspecified atom stereocenters. The predicted molar refractivity (Wildman–Crippen MR) is 148 cm³/mol. The molecule has 40 heavy (non-hydrogen) atoms. The second kappa shape index (κ2) is 11.5. The molecule has 4 heterocycles. The third-order valence-corrected chi connectivity index (χ3v) is 7.79. The van der Waals surface area contributed by atoms with Crippen molar-refractivity contribution < 1.29 is 19.1 Å². The Balaban J connectivity index is 1.49. The van der Waals surface area contributed by atoms with E-state index in [1.54, 1.807) is 33.9 Å². The van der Waals surface area contributed by atoms with Crippen LogP contribution in [0.4, 0.5) is 0 Å². The normalized spacial score (nSPS) is 21.3. The summed E-state index contributed by atoms with van der Waals surface area (Å²) >= 11 is 0. The van der Waals surface area contributed by atoms with E-state index in [1.807, 2.05) is 69.0 Å². The Labute approximate surface area is 234 Å². The Morgan fingerprint density at radius 2 is 1.60 bits per heavy atom. The average Bonchev–Trinajstić information content (AvgIpc) is 3.66. The molecule has 0 N–H and O–H groups in total. The molecule has 0 radical (unpaired) electrons. The first kappa shape index (κ1) is 27.4. The van der Waals surface area contributed by atoms with Gasteiger partial charge in [0.05, 0.1) is 5.92 Å². The topological polar surface area (TPSA) is 96.4 Å². The van der Waals surface area contributed by atoms with Gasteiger partial charge in [0, 0.05) is 62.9 Å². The molecule has 4 aromatic rings. The van der Waals surface area contributed by atoms with Gasteiger partial charge in [-0.1, -0.05) is 37.3 Å². The number of imidazole rings is 2. The molecule has 3 atom stereocenters. The summed E-state index contributed by atoms with van der Waals surface area (Å²) in [6, 6.07) is 12.1. The van der Waals surface area contributed by atoms with E-state index in [4.69, 9.17) is 9.47 Å². The molecule has 1 saturated heterocycles. The third kappa shape index (κ3) is 5.58. The van der Waals surface area contributed by atoms with Crippen LogP contribution in [0, 0.1) is 19.8 Å². The Morgan fingerprint density at radius 3 is 2.17 bits per heavy atom. The highest BCUT2D eigenvalue weighted by molar-refractivity contribution is 5.70. The monoisotopic (exact) mass is 544 g/mol. The van der Waals surface area contributed by atoms with Crippen molar-refractivity contribution in [2.24, 2.45) is 13.0 Å². The number of aromatic nitrogens is 5. The largest absolute Gasteiger partial charge is 0.460 e. The van der Waals surface area contributed by atoms with Gasteiger partial charge in [0.2, 0.25) is 5.72 Å². The molecule has 0 spiro atoms. The number of aryl methyl sites for hydroxylation is 3. The number of ether oxygens (including phenoxy) is 2. The Morgan fingerprint density at radius 1 is 0.950 bits per heavy atom. The van der Waals surface area contributed by atoms with Crippen molar-refractivity contribution in [1.82, 2.24) is 28.6 Å². The van der Waals surface area contributed by atoms with E-state index >= 15 is 0 Å². The molecular weight excluding hydrogens is 508 g/mol. The number of carbonyl (C=O) groups is 2. The van der Waals surface area contributed by atoms with Gasteiger partial charge in [-0.2, -0.15) is 0 Å². The van der Waals surface area contributed by atoms with Crippen LogP contribution in [0.5, 0.6) is 0 Å². The van der Waals surface area contributed by atoms with Crippen LogP contribution < -0.4 is 0 Å². The summed E-state index contributed by atoms with van der Waals surface area (Å²) in [5.41, 5.74) is 0.763. The maximum atomic E-state index is 13.6. The van der Waals surface area contributed by atoms with E-state index in [0.717, 1.165) is 22.8 Å². The summed E-state index contributed by atoms with van der Waals surface area (Å²) in [7, 11) is 1.94. The lowest BCUT2D eigenvalue weighted by molar-refractivity contribution is -0.240. The maximum Gasteiger partial charge on any atom is 0.328 e. The lowest BCUT2D eigenvalue weighted by Gasteiger charge is -2.52. The number of nitrogens with zero attached hydrogens (tertiary/aromatic N) is 6. The number of piperidine rings is 1. The van der Waals surface area contributed by atoms with Crippen LogP contribution in [0.2, 0.25) is 0 Å². The molecule has 3 aromatic heterocycles. The number of carbonyl (C=O) groups excluding carboxylic acids is 2. The van der Waals surface area contributed by atoms with Crippen LogP contribution >= 0.6 is 0 Å². The maximum absolute atomic E-state index is 13.6. The van der Waals surface area contributed by atoms with Crippen LogP contribution in [0.25, 0.3) is 0 Å². The number of rotatable bonds is 9. The van der Waals surface area contributed by atoms with Gasteiger partial charge in [-0.25, -0.2) is 9.97 Å². The molecule has 10 nitrogen and oxygen atoms in total. The molecule has 0 amide bonds. The summed E-state index contributed by atoms with van der Waals surface area (Å²) in [5.74, 6) is 0.357. The molecule has 0 saturated carbocycles. The highest BCUT2D eigenvalue weighted by Crippen LogP contribution is 2.45. The molecule has 0 aliphatic carbocycles. The number of hydrogen-bond acceptors (Lipinski definition) is 7. The van der Waals surface area contributed by atoms with E-state index in [1.165, 1.54) is 0 Å². The van der Waals surface area contributed by atoms with Gasteiger partial charge >= 0.3 is 11.9 Å². The molecule has 1 aromatic carbocycles. The van der Waals surface area contributed by atoms with E-state index < -0.39 is 17.8 Å². The number of esters is 2. The highest BCUT2D eigenvalue weighted by Gasteiger charge is 2.54. The molecule has 1 aliphatic heterocycles. The smallest absolute Gasteiger partial charge is 0.328 e. The zero-order valence-corrected chi connectivity index (χ0v) is 23.4. The van der Waals surface area contributed by atoms with Gasteiger partial charge < -0.3 is 23.2 Å². The van der Waals surface area contributed by atoms with Crippen molar-refractivity contribution in [3.05, 3.63) is 96.4 Å². The van der Waals surface area contributed by atoms with E-state index in [0.29, 0.717) is 19.5 Å². The van der Waals surface area contributed by atoms with Crippen molar-refractivity contribution in [3.63, 3.8) is 0 Å². The average molecular weight is 545 g/mol. The number of benzene rings is 1. The highest BCUT2D eigenvalue weighted by atomic mass is 16.6. The first-order valence-electron chi connectivity index (χ1n) is 13.5. The van der Waals surface area contributed by atoms with Gasteiger partial charge in [-0.05, 0) is 31.9 Å². The summed E-state index contributed by atoms with van der Waals surface area (Å²) in [6.45, 7) is 6.92. The molecule has 1 fully saturated rings. The summed E-state index contributed by atoms with van der Waals surface area (Å²) in [6.07, 6.45) is 10.9. The Hall–Kier alpha value is -4.18. The first-order valence-corrected chi connectivity index (χ1v) is 13.5.